The van der Waals surface area contributed by atoms with Gasteiger partial charge < -0.3 is 9.84 Å². The number of amides is 1. The number of ether oxygens (including phenoxy) is 1. The monoisotopic (exact) mass is 324 g/mol. The molecule has 0 aromatic carbocycles. The standard InChI is InChI=1S/C13H22Cl2N2O3/c1-9(14)11(10(15)8-16-6-5-7-18)17-12(19)20-13(2,3)4/h8-10,18H,5-7H2,1-4H3. The average Bonchev–Trinajstić information content (AvgIpc) is 2.28. The van der Waals surface area contributed by atoms with Crippen LogP contribution in [0.4, 0.5) is 4.79 Å². The molecule has 2 atom stereocenters. The molecule has 2 unspecified atom stereocenters. The first kappa shape index (κ1) is 19.4. The van der Waals surface area contributed by atoms with E-state index in [0.29, 0.717) is 13.0 Å². The molecule has 116 valence electrons. The Labute approximate surface area is 130 Å². The predicted octanol–water partition coefficient (Wildman–Crippen LogP) is 3.05. The Morgan fingerprint density at radius 2 is 2.00 bits per heavy atom. The van der Waals surface area contributed by atoms with Gasteiger partial charge in [0, 0.05) is 19.4 Å². The van der Waals surface area contributed by atoms with E-state index in [1.165, 1.54) is 6.21 Å². The molecule has 0 aromatic rings. The highest BCUT2D eigenvalue weighted by atomic mass is 35.5. The predicted molar refractivity (Wildman–Crippen MR) is 83.7 cm³/mol. The van der Waals surface area contributed by atoms with Gasteiger partial charge in [-0.2, -0.15) is 4.99 Å². The second-order valence-electron chi connectivity index (χ2n) is 5.17. The summed E-state index contributed by atoms with van der Waals surface area (Å²) in [6, 6.07) is 0. The molecule has 0 saturated carbocycles. The zero-order chi connectivity index (χ0) is 15.8. The van der Waals surface area contributed by atoms with E-state index in [1.807, 2.05) is 0 Å². The molecule has 5 nitrogen and oxygen atoms in total. The third kappa shape index (κ3) is 9.28. The fourth-order valence-electron chi connectivity index (χ4n) is 1.17. The van der Waals surface area contributed by atoms with Gasteiger partial charge in [-0.3, -0.25) is 4.99 Å². The SMILES string of the molecule is CC(Cl)C(=NC(=O)OC(C)(C)C)C(Cl)C=NCCCO. The molecule has 0 heterocycles. The van der Waals surface area contributed by atoms with Gasteiger partial charge >= 0.3 is 6.09 Å². The van der Waals surface area contributed by atoms with Crippen molar-refractivity contribution in [3.05, 3.63) is 0 Å². The van der Waals surface area contributed by atoms with Crippen LogP contribution in [0.5, 0.6) is 0 Å². The second kappa shape index (κ2) is 9.32. The molecule has 1 amide bonds. The van der Waals surface area contributed by atoms with Crippen LogP contribution in [0, 0.1) is 0 Å². The summed E-state index contributed by atoms with van der Waals surface area (Å²) in [5.41, 5.74) is -0.339. The van der Waals surface area contributed by atoms with Gasteiger partial charge in [0.15, 0.2) is 0 Å². The van der Waals surface area contributed by atoms with Gasteiger partial charge in [0.2, 0.25) is 0 Å². The summed E-state index contributed by atoms with van der Waals surface area (Å²) in [4.78, 5) is 19.5. The Bertz CT molecular complexity index is 363. The van der Waals surface area contributed by atoms with Crippen molar-refractivity contribution in [1.82, 2.24) is 0 Å². The van der Waals surface area contributed by atoms with Crippen molar-refractivity contribution in [2.45, 2.75) is 50.5 Å². The van der Waals surface area contributed by atoms with Crippen LogP contribution in [0.2, 0.25) is 0 Å². The van der Waals surface area contributed by atoms with Crippen molar-refractivity contribution >= 4 is 41.2 Å². The van der Waals surface area contributed by atoms with E-state index < -0.39 is 22.4 Å². The lowest BCUT2D eigenvalue weighted by Crippen LogP contribution is -2.28. The first-order chi connectivity index (χ1) is 9.17. The molecule has 0 bridgehead atoms. The molecule has 0 radical (unpaired) electrons. The summed E-state index contributed by atoms with van der Waals surface area (Å²) in [6.45, 7) is 7.43. The summed E-state index contributed by atoms with van der Waals surface area (Å²) in [7, 11) is 0. The van der Waals surface area contributed by atoms with Crippen LogP contribution in [0.3, 0.4) is 0 Å². The van der Waals surface area contributed by atoms with Crippen molar-refractivity contribution in [1.29, 1.82) is 0 Å². The fraction of sp³-hybridized carbons (Fsp3) is 0.769. The first-order valence-corrected chi connectivity index (χ1v) is 7.25. The number of nitrogens with zero attached hydrogens (tertiary/aromatic N) is 2. The van der Waals surface area contributed by atoms with E-state index in [9.17, 15) is 4.79 Å². The van der Waals surface area contributed by atoms with Crippen LogP contribution < -0.4 is 0 Å². The molecular weight excluding hydrogens is 303 g/mol. The van der Waals surface area contributed by atoms with Crippen LogP contribution in [0.1, 0.15) is 34.1 Å². The maximum atomic E-state index is 11.6. The number of carbonyl (C=O) groups excluding carboxylic acids is 1. The number of halogens is 2. The number of hydrogen-bond donors (Lipinski definition) is 1. The molecule has 20 heavy (non-hydrogen) atoms. The number of alkyl halides is 2. The van der Waals surface area contributed by atoms with E-state index >= 15 is 0 Å². The van der Waals surface area contributed by atoms with Gasteiger partial charge in [-0.15, -0.1) is 23.2 Å². The normalized spacial score (nSPS) is 16.2. The van der Waals surface area contributed by atoms with E-state index in [-0.39, 0.29) is 12.3 Å². The molecule has 0 aliphatic carbocycles. The summed E-state index contributed by atoms with van der Waals surface area (Å²) >= 11 is 12.1. The zero-order valence-corrected chi connectivity index (χ0v) is 13.8. The van der Waals surface area contributed by atoms with Crippen LogP contribution in [0.25, 0.3) is 0 Å². The maximum Gasteiger partial charge on any atom is 0.434 e. The molecule has 0 spiro atoms. The molecule has 0 rings (SSSR count). The highest BCUT2D eigenvalue weighted by Crippen LogP contribution is 2.12. The van der Waals surface area contributed by atoms with Crippen molar-refractivity contribution in [2.24, 2.45) is 9.98 Å². The summed E-state index contributed by atoms with van der Waals surface area (Å²) < 4.78 is 5.09. The van der Waals surface area contributed by atoms with Crippen LogP contribution in [0.15, 0.2) is 9.98 Å². The lowest BCUT2D eigenvalue weighted by atomic mass is 10.2. The number of carbonyl (C=O) groups is 1. The summed E-state index contributed by atoms with van der Waals surface area (Å²) in [6.07, 6.45) is 1.28. The third-order valence-electron chi connectivity index (χ3n) is 1.99. The average molecular weight is 325 g/mol. The van der Waals surface area contributed by atoms with Crippen LogP contribution in [-0.4, -0.2) is 52.6 Å². The highest BCUT2D eigenvalue weighted by Gasteiger charge is 2.21. The summed E-state index contributed by atoms with van der Waals surface area (Å²) in [5.74, 6) is 0. The van der Waals surface area contributed by atoms with Gasteiger partial charge in [0.1, 0.15) is 11.0 Å². The Kier molecular flexibility index (Phi) is 9.01. The van der Waals surface area contributed by atoms with Gasteiger partial charge in [-0.25, -0.2) is 4.79 Å². The van der Waals surface area contributed by atoms with E-state index in [1.54, 1.807) is 27.7 Å². The number of hydrogen-bond acceptors (Lipinski definition) is 4. The van der Waals surface area contributed by atoms with Crippen molar-refractivity contribution in [3.63, 3.8) is 0 Å². The van der Waals surface area contributed by atoms with Crippen LogP contribution in [-0.2, 0) is 4.74 Å². The molecule has 1 N–H and O–H groups in total. The zero-order valence-electron chi connectivity index (χ0n) is 12.3. The van der Waals surface area contributed by atoms with Crippen molar-refractivity contribution < 1.29 is 14.6 Å². The minimum Gasteiger partial charge on any atom is -0.442 e. The Morgan fingerprint density at radius 1 is 1.40 bits per heavy atom. The number of rotatable bonds is 6. The maximum absolute atomic E-state index is 11.6. The van der Waals surface area contributed by atoms with Crippen molar-refractivity contribution in [2.75, 3.05) is 13.2 Å². The molecule has 0 fully saturated rings. The topological polar surface area (TPSA) is 71.2 Å². The highest BCUT2D eigenvalue weighted by molar-refractivity contribution is 6.47. The largest absolute Gasteiger partial charge is 0.442 e. The van der Waals surface area contributed by atoms with Gasteiger partial charge in [0.05, 0.1) is 11.1 Å². The third-order valence-corrected chi connectivity index (χ3v) is 2.55. The minimum atomic E-state index is -0.727. The van der Waals surface area contributed by atoms with E-state index in [0.717, 1.165) is 0 Å². The van der Waals surface area contributed by atoms with Crippen molar-refractivity contribution in [3.8, 4) is 0 Å². The molecule has 0 aromatic heterocycles. The Hall–Kier alpha value is -0.650. The van der Waals surface area contributed by atoms with E-state index in [4.69, 9.17) is 33.0 Å². The number of aliphatic hydroxyl groups is 1. The molecule has 7 heteroatoms. The molecule has 0 aliphatic rings. The minimum absolute atomic E-state index is 0.0645. The molecular formula is C13H22Cl2N2O3. The Morgan fingerprint density at radius 3 is 2.45 bits per heavy atom. The summed E-state index contributed by atoms with van der Waals surface area (Å²) in [5, 5.41) is 7.44. The quantitative estimate of drug-likeness (QED) is 0.463. The first-order valence-electron chi connectivity index (χ1n) is 6.37. The second-order valence-corrected chi connectivity index (χ2v) is 6.29. The van der Waals surface area contributed by atoms with Gasteiger partial charge in [-0.1, -0.05) is 0 Å². The van der Waals surface area contributed by atoms with Gasteiger partial charge in [0.25, 0.3) is 0 Å². The lowest BCUT2D eigenvalue weighted by molar-refractivity contribution is 0.0604. The van der Waals surface area contributed by atoms with E-state index in [2.05, 4.69) is 9.98 Å². The number of aliphatic hydroxyl groups excluding tert-OH is 1. The molecule has 0 saturated heterocycles. The molecule has 0 aliphatic heterocycles. The van der Waals surface area contributed by atoms with Gasteiger partial charge in [-0.05, 0) is 34.1 Å². The fourth-order valence-corrected chi connectivity index (χ4v) is 1.73. The van der Waals surface area contributed by atoms with Crippen LogP contribution >= 0.6 is 23.2 Å². The Balaban J connectivity index is 4.78. The smallest absolute Gasteiger partial charge is 0.434 e. The number of aliphatic imine (C=N–C) groups is 2. The lowest BCUT2D eigenvalue weighted by Gasteiger charge is -2.18.